The first-order valence-electron chi connectivity index (χ1n) is 29.4. The highest BCUT2D eigenvalue weighted by Gasteiger charge is 2.19. The molecule has 0 fully saturated rings. The number of rotatable bonds is 53. The van der Waals surface area contributed by atoms with Crippen LogP contribution in [0.4, 0.5) is 0 Å². The lowest BCUT2D eigenvalue weighted by molar-refractivity contribution is -0.166. The first-order valence-corrected chi connectivity index (χ1v) is 29.4. The van der Waals surface area contributed by atoms with Crippen LogP contribution in [-0.4, -0.2) is 37.2 Å². The summed E-state index contributed by atoms with van der Waals surface area (Å²) in [6.07, 6.45) is 73.4. The van der Waals surface area contributed by atoms with E-state index in [9.17, 15) is 14.4 Å². The largest absolute Gasteiger partial charge is 0.462 e. The van der Waals surface area contributed by atoms with Crippen molar-refractivity contribution in [2.45, 2.75) is 297 Å². The summed E-state index contributed by atoms with van der Waals surface area (Å²) in [4.78, 5) is 38.1. The maximum atomic E-state index is 12.9. The third-order valence-electron chi connectivity index (χ3n) is 12.7. The Kier molecular flexibility index (Phi) is 54.8. The van der Waals surface area contributed by atoms with Crippen LogP contribution in [0.5, 0.6) is 0 Å². The molecule has 0 N–H and O–H groups in total. The second kappa shape index (κ2) is 57.4. The van der Waals surface area contributed by atoms with Crippen molar-refractivity contribution in [3.8, 4) is 0 Å². The minimum atomic E-state index is -0.803. The van der Waals surface area contributed by atoms with Crippen LogP contribution in [0.1, 0.15) is 290 Å². The van der Waals surface area contributed by atoms with Crippen LogP contribution in [-0.2, 0) is 28.6 Å². The van der Waals surface area contributed by atoms with Crippen LogP contribution in [0, 0.1) is 0 Å². The molecule has 0 unspecified atom stereocenters. The number of esters is 3. The second-order valence-corrected chi connectivity index (χ2v) is 19.5. The van der Waals surface area contributed by atoms with Crippen molar-refractivity contribution in [2.24, 2.45) is 0 Å². The summed E-state index contributed by atoms with van der Waals surface area (Å²) >= 11 is 0. The molecule has 0 saturated heterocycles. The van der Waals surface area contributed by atoms with Crippen molar-refractivity contribution in [3.05, 3.63) is 72.9 Å². The molecule has 6 nitrogen and oxygen atoms in total. The van der Waals surface area contributed by atoms with Gasteiger partial charge in [0.25, 0.3) is 0 Å². The topological polar surface area (TPSA) is 78.9 Å². The maximum absolute atomic E-state index is 12.9. The highest BCUT2D eigenvalue weighted by Crippen LogP contribution is 2.17. The van der Waals surface area contributed by atoms with Gasteiger partial charge in [-0.15, -0.1) is 0 Å². The number of hydrogen-bond donors (Lipinski definition) is 0. The van der Waals surface area contributed by atoms with E-state index < -0.39 is 6.10 Å². The molecule has 0 heterocycles. The van der Waals surface area contributed by atoms with Gasteiger partial charge in [-0.1, -0.05) is 286 Å². The standard InChI is InChI=1S/C63H110O6/c1-4-7-10-13-16-19-22-25-27-29-31-33-35-38-41-44-47-50-53-56-62(65)68-59-60(58-67-61(64)55-52-49-46-43-40-37-24-21-18-15-12-9-6-3)69-63(66)57-54-51-48-45-42-39-36-34-32-30-28-26-23-20-17-14-11-8-5-2/h7,10,16,19,25,27,31,33,38,41,47,50,60H,4-6,8-9,11-15,17-18,20-24,26,28-30,32,34-37,39-40,42-46,48-49,51-59H2,1-3H3/b10-7+,19-16+,27-25+,33-31+,41-38+,50-47+/t60-/m1/s1. The van der Waals surface area contributed by atoms with E-state index in [2.05, 4.69) is 87.6 Å². The molecule has 0 aliphatic rings. The van der Waals surface area contributed by atoms with Crippen LogP contribution in [0.15, 0.2) is 72.9 Å². The van der Waals surface area contributed by atoms with Gasteiger partial charge in [-0.2, -0.15) is 0 Å². The van der Waals surface area contributed by atoms with E-state index in [0.717, 1.165) is 77.0 Å². The molecule has 0 aliphatic heterocycles. The van der Waals surface area contributed by atoms with Crippen LogP contribution in [0.25, 0.3) is 0 Å². The van der Waals surface area contributed by atoms with Gasteiger partial charge in [-0.05, 0) is 57.8 Å². The number of hydrogen-bond acceptors (Lipinski definition) is 6. The molecule has 0 bridgehead atoms. The predicted octanol–water partition coefficient (Wildman–Crippen LogP) is 19.8. The van der Waals surface area contributed by atoms with Crippen molar-refractivity contribution in [1.29, 1.82) is 0 Å². The maximum Gasteiger partial charge on any atom is 0.306 e. The average Bonchev–Trinajstić information content (AvgIpc) is 3.35. The van der Waals surface area contributed by atoms with Crippen molar-refractivity contribution >= 4 is 17.9 Å². The summed E-state index contributed by atoms with van der Waals surface area (Å²) in [5.74, 6) is -0.969. The molecule has 0 rings (SSSR count). The first kappa shape index (κ1) is 65.8. The Labute approximate surface area is 427 Å². The molecule has 398 valence electrons. The molecule has 1 atom stereocenters. The number of ether oxygens (including phenoxy) is 3. The van der Waals surface area contributed by atoms with E-state index in [1.165, 1.54) is 167 Å². The molecule has 0 aliphatic carbocycles. The van der Waals surface area contributed by atoms with E-state index in [1.54, 1.807) is 0 Å². The van der Waals surface area contributed by atoms with Gasteiger partial charge in [0.2, 0.25) is 0 Å². The summed E-state index contributed by atoms with van der Waals surface area (Å²) < 4.78 is 16.8. The molecular weight excluding hydrogens is 853 g/mol. The lowest BCUT2D eigenvalue weighted by Crippen LogP contribution is -2.30. The molecule has 0 amide bonds. The van der Waals surface area contributed by atoms with Gasteiger partial charge in [0.05, 0.1) is 0 Å². The third kappa shape index (κ3) is 55.6. The molecule has 0 radical (unpaired) electrons. The van der Waals surface area contributed by atoms with E-state index in [1.807, 2.05) is 6.08 Å². The Morgan fingerprint density at radius 3 is 0.884 bits per heavy atom. The first-order chi connectivity index (χ1) is 34.0. The van der Waals surface area contributed by atoms with Gasteiger partial charge in [-0.3, -0.25) is 14.4 Å². The number of unbranched alkanes of at least 4 members (excludes halogenated alkanes) is 30. The molecule has 0 aromatic rings. The van der Waals surface area contributed by atoms with Crippen LogP contribution in [0.3, 0.4) is 0 Å². The number of carbonyl (C=O) groups excluding carboxylic acids is 3. The lowest BCUT2D eigenvalue weighted by Gasteiger charge is -2.18. The fourth-order valence-electron chi connectivity index (χ4n) is 8.35. The van der Waals surface area contributed by atoms with Gasteiger partial charge >= 0.3 is 17.9 Å². The lowest BCUT2D eigenvalue weighted by atomic mass is 10.0. The Hall–Kier alpha value is -3.15. The Morgan fingerprint density at radius 2 is 0.565 bits per heavy atom. The molecule has 0 aromatic heterocycles. The molecular formula is C63H110O6. The highest BCUT2D eigenvalue weighted by atomic mass is 16.6. The zero-order valence-electron chi connectivity index (χ0n) is 45.6. The quantitative estimate of drug-likeness (QED) is 0.0262. The number of allylic oxidation sites excluding steroid dienone is 12. The summed E-state index contributed by atoms with van der Waals surface area (Å²) in [5, 5.41) is 0. The Balaban J connectivity index is 4.44. The van der Waals surface area contributed by atoms with E-state index >= 15 is 0 Å². The van der Waals surface area contributed by atoms with Gasteiger partial charge in [0.1, 0.15) is 13.2 Å². The SMILES string of the molecule is CC/C=C/C/C=C/C/C=C/C/C=C/C/C=C/C/C=C/CCC(=O)OC[C@@H](COC(=O)CCCCCCCCCCCCCCC)OC(=O)CCCCCCCCCCCCCCCCCCCCC. The molecule has 0 spiro atoms. The van der Waals surface area contributed by atoms with E-state index in [-0.39, 0.29) is 37.5 Å². The van der Waals surface area contributed by atoms with Gasteiger partial charge < -0.3 is 14.2 Å². The van der Waals surface area contributed by atoms with Crippen molar-refractivity contribution in [3.63, 3.8) is 0 Å². The summed E-state index contributed by atoms with van der Waals surface area (Å²) in [5.41, 5.74) is 0. The Morgan fingerprint density at radius 1 is 0.304 bits per heavy atom. The van der Waals surface area contributed by atoms with Crippen molar-refractivity contribution < 1.29 is 28.6 Å². The molecule has 6 heteroatoms. The summed E-state index contributed by atoms with van der Waals surface area (Å²) in [7, 11) is 0. The smallest absolute Gasteiger partial charge is 0.306 e. The van der Waals surface area contributed by atoms with Crippen molar-refractivity contribution in [2.75, 3.05) is 13.2 Å². The Bertz CT molecular complexity index is 1290. The summed E-state index contributed by atoms with van der Waals surface area (Å²) in [6, 6.07) is 0. The zero-order chi connectivity index (χ0) is 50.0. The summed E-state index contributed by atoms with van der Waals surface area (Å²) in [6.45, 7) is 6.49. The van der Waals surface area contributed by atoms with Gasteiger partial charge in [-0.25, -0.2) is 0 Å². The highest BCUT2D eigenvalue weighted by molar-refractivity contribution is 5.71. The fraction of sp³-hybridized carbons (Fsp3) is 0.762. The normalized spacial score (nSPS) is 12.6. The minimum Gasteiger partial charge on any atom is -0.462 e. The van der Waals surface area contributed by atoms with E-state index in [4.69, 9.17) is 14.2 Å². The predicted molar refractivity (Wildman–Crippen MR) is 298 cm³/mol. The van der Waals surface area contributed by atoms with Crippen LogP contribution >= 0.6 is 0 Å². The van der Waals surface area contributed by atoms with Crippen LogP contribution in [0.2, 0.25) is 0 Å². The van der Waals surface area contributed by atoms with Gasteiger partial charge in [0.15, 0.2) is 6.10 Å². The van der Waals surface area contributed by atoms with Crippen LogP contribution < -0.4 is 0 Å². The second-order valence-electron chi connectivity index (χ2n) is 19.5. The van der Waals surface area contributed by atoms with E-state index in [0.29, 0.717) is 19.3 Å². The molecule has 69 heavy (non-hydrogen) atoms. The number of carbonyl (C=O) groups is 3. The van der Waals surface area contributed by atoms with Gasteiger partial charge in [0, 0.05) is 19.3 Å². The molecule has 0 saturated carbocycles. The average molecular weight is 964 g/mol. The zero-order valence-corrected chi connectivity index (χ0v) is 45.6. The molecule has 0 aromatic carbocycles. The fourth-order valence-corrected chi connectivity index (χ4v) is 8.35. The minimum absolute atomic E-state index is 0.0946. The monoisotopic (exact) mass is 963 g/mol. The van der Waals surface area contributed by atoms with Crippen molar-refractivity contribution in [1.82, 2.24) is 0 Å². The third-order valence-corrected chi connectivity index (χ3v) is 12.7.